The summed E-state index contributed by atoms with van der Waals surface area (Å²) in [6.45, 7) is 11.7. The van der Waals surface area contributed by atoms with Crippen LogP contribution in [0.1, 0.15) is 60.8 Å². The van der Waals surface area contributed by atoms with E-state index in [2.05, 4.69) is 11.6 Å². The molecule has 186 valence electrons. The molecule has 0 bridgehead atoms. The number of thioether (sulfide) groups is 1. The number of aliphatic imine (C=N–C) groups is 1. The Labute approximate surface area is 199 Å². The Bertz CT molecular complexity index is 984. The number of allylic oxidation sites excluding steroid dienone is 2. The number of hydrogen-bond acceptors (Lipinski definition) is 4. The summed E-state index contributed by atoms with van der Waals surface area (Å²) in [4.78, 5) is 3.97. The fourth-order valence-corrected chi connectivity index (χ4v) is 5.57. The molecule has 2 rings (SSSR count). The first-order valence-electron chi connectivity index (χ1n) is 10.5. The molecule has 0 heterocycles. The van der Waals surface area contributed by atoms with E-state index in [-0.39, 0.29) is 21.4 Å². The molecule has 1 saturated carbocycles. The maximum Gasteiger partial charge on any atom is 0.295 e. The Morgan fingerprint density at radius 1 is 1.12 bits per heavy atom. The molecule has 1 aromatic carbocycles. The van der Waals surface area contributed by atoms with Crippen LogP contribution in [0.5, 0.6) is 0 Å². The lowest BCUT2D eigenvalue weighted by molar-refractivity contribution is 0.0998. The number of halogens is 4. The minimum absolute atomic E-state index is 0.133. The Hall–Kier alpha value is -1.61. The minimum Gasteiger partial charge on any atom is -0.260 e. The first-order valence-corrected chi connectivity index (χ1v) is 12.8. The summed E-state index contributed by atoms with van der Waals surface area (Å²) in [5, 5.41) is -2.92. The highest BCUT2D eigenvalue weighted by Crippen LogP contribution is 2.44. The van der Waals surface area contributed by atoms with Crippen LogP contribution in [0.4, 0.5) is 17.6 Å². The second kappa shape index (κ2) is 11.2. The minimum atomic E-state index is -3.53. The smallest absolute Gasteiger partial charge is 0.260 e. The van der Waals surface area contributed by atoms with Gasteiger partial charge in [0.2, 0.25) is 0 Å². The zero-order valence-corrected chi connectivity index (χ0v) is 21.6. The van der Waals surface area contributed by atoms with Gasteiger partial charge in [0.25, 0.3) is 11.2 Å². The van der Waals surface area contributed by atoms with Crippen LogP contribution in [0.25, 0.3) is 0 Å². The van der Waals surface area contributed by atoms with E-state index < -0.39 is 25.8 Å². The molecular formula is C24H33F4NO2S2. The van der Waals surface area contributed by atoms with E-state index in [9.17, 15) is 26.0 Å². The molecule has 0 atom stereocenters. The van der Waals surface area contributed by atoms with Crippen LogP contribution in [0.3, 0.4) is 0 Å². The van der Waals surface area contributed by atoms with Gasteiger partial charge in [-0.3, -0.25) is 4.99 Å². The second-order valence-electron chi connectivity index (χ2n) is 8.88. The molecule has 1 fully saturated rings. The van der Waals surface area contributed by atoms with Gasteiger partial charge in [-0.1, -0.05) is 36.4 Å². The van der Waals surface area contributed by atoms with Gasteiger partial charge < -0.3 is 0 Å². The molecule has 0 aromatic heterocycles. The normalized spacial score (nSPS) is 16.2. The van der Waals surface area contributed by atoms with Gasteiger partial charge in [-0.25, -0.2) is 17.2 Å². The van der Waals surface area contributed by atoms with Gasteiger partial charge in [-0.05, 0) is 70.7 Å². The summed E-state index contributed by atoms with van der Waals surface area (Å²) >= 11 is 0.372. The largest absolute Gasteiger partial charge is 0.295 e. The molecule has 3 nitrogen and oxygen atoms in total. The monoisotopic (exact) mass is 507 g/mol. The Morgan fingerprint density at radius 3 is 2.12 bits per heavy atom. The van der Waals surface area contributed by atoms with Crippen molar-refractivity contribution in [3.05, 3.63) is 48.7 Å². The molecule has 1 aliphatic rings. The SMILES string of the molecule is C=C(C)/C=C\N=C(C)C(C)(F)F.CC(F)(F)Sc1cccc(S(=O)(=O)C(C)(C)C2CCC2)c1. The van der Waals surface area contributed by atoms with Gasteiger partial charge in [0, 0.05) is 24.9 Å². The van der Waals surface area contributed by atoms with E-state index in [1.165, 1.54) is 37.4 Å². The Kier molecular flexibility index (Phi) is 9.99. The van der Waals surface area contributed by atoms with Gasteiger partial charge >= 0.3 is 0 Å². The summed E-state index contributed by atoms with van der Waals surface area (Å²) in [5.74, 6) is -2.69. The lowest BCUT2D eigenvalue weighted by Crippen LogP contribution is -2.43. The number of nitrogens with zero attached hydrogens (tertiary/aromatic N) is 1. The van der Waals surface area contributed by atoms with Crippen molar-refractivity contribution in [1.29, 1.82) is 0 Å². The maximum absolute atomic E-state index is 13.1. The third-order valence-corrected chi connectivity index (χ3v) is 8.90. The van der Waals surface area contributed by atoms with Crippen LogP contribution in [-0.4, -0.2) is 30.1 Å². The molecule has 0 aliphatic heterocycles. The number of rotatable bonds is 8. The number of sulfone groups is 1. The summed E-state index contributed by atoms with van der Waals surface area (Å²) in [6, 6.07) is 5.89. The van der Waals surface area contributed by atoms with Crippen molar-refractivity contribution in [2.75, 3.05) is 0 Å². The van der Waals surface area contributed by atoms with E-state index in [1.807, 2.05) is 0 Å². The Morgan fingerprint density at radius 2 is 1.70 bits per heavy atom. The van der Waals surface area contributed by atoms with Crippen LogP contribution in [0, 0.1) is 5.92 Å². The Balaban J connectivity index is 0.000000389. The van der Waals surface area contributed by atoms with Crippen molar-refractivity contribution in [1.82, 2.24) is 0 Å². The lowest BCUT2D eigenvalue weighted by atomic mass is 9.77. The number of benzene rings is 1. The highest BCUT2D eigenvalue weighted by atomic mass is 32.2. The molecule has 33 heavy (non-hydrogen) atoms. The fraction of sp³-hybridized carbons (Fsp3) is 0.542. The van der Waals surface area contributed by atoms with Gasteiger partial charge in [0.1, 0.15) is 0 Å². The van der Waals surface area contributed by atoms with Gasteiger partial charge in [-0.2, -0.15) is 8.78 Å². The van der Waals surface area contributed by atoms with Crippen LogP contribution in [0.15, 0.2) is 63.5 Å². The van der Waals surface area contributed by atoms with Crippen molar-refractivity contribution in [3.63, 3.8) is 0 Å². The third-order valence-electron chi connectivity index (χ3n) is 5.46. The summed E-state index contributed by atoms with van der Waals surface area (Å²) < 4.78 is 75.8. The average Bonchev–Trinajstić information content (AvgIpc) is 2.57. The summed E-state index contributed by atoms with van der Waals surface area (Å²) in [6.07, 6.45) is 5.79. The average molecular weight is 508 g/mol. The molecule has 0 unspecified atom stereocenters. The first kappa shape index (κ1) is 29.4. The standard InChI is InChI=1S/C15H20F2O2S2.C9H13F2N/c1-14(2,11-6-4-7-11)21(18,19)13-9-5-8-12(10-13)20-15(3,16)17;1-7(2)5-6-12-8(3)9(4,10)11/h5,8-11H,4,6-7H2,1-3H3;5-6H,1H2,2-4H3/b;6-5-,12-8?. The predicted octanol–water partition coefficient (Wildman–Crippen LogP) is 7.94. The van der Waals surface area contributed by atoms with Crippen LogP contribution in [0.2, 0.25) is 0 Å². The molecule has 0 spiro atoms. The van der Waals surface area contributed by atoms with E-state index >= 15 is 0 Å². The van der Waals surface area contributed by atoms with E-state index in [0.717, 1.165) is 38.7 Å². The van der Waals surface area contributed by atoms with Crippen molar-refractivity contribution < 1.29 is 26.0 Å². The lowest BCUT2D eigenvalue weighted by Gasteiger charge is -2.39. The quantitative estimate of drug-likeness (QED) is 0.155. The molecule has 0 amide bonds. The van der Waals surface area contributed by atoms with Gasteiger partial charge in [-0.15, -0.1) is 0 Å². The first-order chi connectivity index (χ1) is 14.9. The summed E-state index contributed by atoms with van der Waals surface area (Å²) in [5.41, 5.74) is 0.589. The number of alkyl halides is 4. The molecule has 0 N–H and O–H groups in total. The van der Waals surface area contributed by atoms with E-state index in [1.54, 1.807) is 26.8 Å². The topological polar surface area (TPSA) is 46.5 Å². The van der Waals surface area contributed by atoms with Crippen molar-refractivity contribution in [3.8, 4) is 0 Å². The highest BCUT2D eigenvalue weighted by molar-refractivity contribution is 8.00. The van der Waals surface area contributed by atoms with E-state index in [0.29, 0.717) is 11.8 Å². The maximum atomic E-state index is 13.1. The molecule has 0 saturated heterocycles. The molecule has 0 radical (unpaired) electrons. The van der Waals surface area contributed by atoms with Gasteiger partial charge in [0.05, 0.1) is 15.4 Å². The second-order valence-corrected chi connectivity index (χ2v) is 12.8. The van der Waals surface area contributed by atoms with Gasteiger partial charge in [0.15, 0.2) is 9.84 Å². The third kappa shape index (κ3) is 8.92. The van der Waals surface area contributed by atoms with Crippen molar-refractivity contribution in [2.45, 2.75) is 86.5 Å². The summed E-state index contributed by atoms with van der Waals surface area (Å²) in [7, 11) is -3.53. The molecule has 1 aromatic rings. The zero-order chi connectivity index (χ0) is 25.7. The predicted molar refractivity (Wildman–Crippen MR) is 129 cm³/mol. The van der Waals surface area contributed by atoms with Crippen LogP contribution in [-0.2, 0) is 9.84 Å². The van der Waals surface area contributed by atoms with Crippen molar-refractivity contribution >= 4 is 27.3 Å². The van der Waals surface area contributed by atoms with Crippen LogP contribution >= 0.6 is 11.8 Å². The highest BCUT2D eigenvalue weighted by Gasteiger charge is 2.45. The fourth-order valence-electron chi connectivity index (χ4n) is 2.93. The number of hydrogen-bond donors (Lipinski definition) is 0. The van der Waals surface area contributed by atoms with E-state index in [4.69, 9.17) is 0 Å². The van der Waals surface area contributed by atoms with Crippen molar-refractivity contribution in [2.24, 2.45) is 10.9 Å². The molecule has 9 heteroatoms. The molecular weight excluding hydrogens is 474 g/mol. The molecule has 1 aliphatic carbocycles. The zero-order valence-electron chi connectivity index (χ0n) is 20.0. The van der Waals surface area contributed by atoms with Crippen LogP contribution < -0.4 is 0 Å².